The zero-order valence-electron chi connectivity index (χ0n) is 7.62. The monoisotopic (exact) mass is 221 g/mol. The number of benzene rings is 1. The summed E-state index contributed by atoms with van der Waals surface area (Å²) in [5, 5.41) is 18.3. The molecule has 0 aliphatic carbocycles. The second-order valence-electron chi connectivity index (χ2n) is 3.14. The molecule has 0 bridgehead atoms. The Morgan fingerprint density at radius 3 is 2.40 bits per heavy atom. The molecule has 15 heavy (non-hydrogen) atoms. The maximum atomic E-state index is 12.1. The molecule has 0 aliphatic rings. The van der Waals surface area contributed by atoms with E-state index in [0.717, 1.165) is 0 Å². The highest BCUT2D eigenvalue weighted by Crippen LogP contribution is 2.31. The van der Waals surface area contributed by atoms with E-state index in [4.69, 9.17) is 10.8 Å². The van der Waals surface area contributed by atoms with E-state index in [-0.39, 0.29) is 5.56 Å². The molecule has 84 valence electrons. The summed E-state index contributed by atoms with van der Waals surface area (Å²) in [5.74, 6) is -1.01. The fourth-order valence-electron chi connectivity index (χ4n) is 1.10. The van der Waals surface area contributed by atoms with Gasteiger partial charge in [-0.05, 0) is 11.6 Å². The molecule has 1 aromatic rings. The molecule has 3 nitrogen and oxygen atoms in total. The third kappa shape index (κ3) is 2.76. The molecule has 1 rings (SSSR count). The minimum atomic E-state index is -4.52. The van der Waals surface area contributed by atoms with Crippen molar-refractivity contribution in [2.24, 2.45) is 5.73 Å². The van der Waals surface area contributed by atoms with E-state index in [0.29, 0.717) is 0 Å². The van der Waals surface area contributed by atoms with Crippen molar-refractivity contribution >= 4 is 0 Å². The highest BCUT2D eigenvalue weighted by Gasteiger charge is 2.37. The van der Waals surface area contributed by atoms with Crippen LogP contribution in [0, 0.1) is 0 Å². The molecule has 1 aromatic carbocycles. The van der Waals surface area contributed by atoms with Gasteiger partial charge in [0, 0.05) is 6.42 Å². The van der Waals surface area contributed by atoms with Crippen LogP contribution in [0.4, 0.5) is 13.2 Å². The fourth-order valence-corrected chi connectivity index (χ4v) is 1.10. The van der Waals surface area contributed by atoms with E-state index in [2.05, 4.69) is 0 Å². The first-order valence-corrected chi connectivity index (χ1v) is 4.14. The summed E-state index contributed by atoms with van der Waals surface area (Å²) in [6.45, 7) is 0. The number of hydrogen-bond donors (Lipinski definition) is 3. The Balaban J connectivity index is 2.86. The molecule has 1 atom stereocenters. The number of aromatic hydroxyl groups is 2. The van der Waals surface area contributed by atoms with Gasteiger partial charge in [0.25, 0.3) is 0 Å². The molecule has 1 unspecified atom stereocenters. The molecule has 4 N–H and O–H groups in total. The number of phenols is 2. The average molecular weight is 221 g/mol. The molecule has 6 heteroatoms. The molecule has 0 spiro atoms. The highest BCUT2D eigenvalue weighted by molar-refractivity contribution is 5.44. The zero-order chi connectivity index (χ0) is 11.6. The Hall–Kier alpha value is -1.43. The highest BCUT2D eigenvalue weighted by atomic mass is 19.4. The average Bonchev–Trinajstić information content (AvgIpc) is 2.11. The first-order chi connectivity index (χ1) is 6.82. The largest absolute Gasteiger partial charge is 0.504 e. The maximum absolute atomic E-state index is 12.1. The van der Waals surface area contributed by atoms with Crippen molar-refractivity contribution in [1.82, 2.24) is 0 Å². The normalized spacial score (nSPS) is 13.9. The Kier molecular flexibility index (Phi) is 3.09. The van der Waals surface area contributed by atoms with Crippen LogP contribution in [0.15, 0.2) is 18.2 Å². The smallest absolute Gasteiger partial charge is 0.403 e. The van der Waals surface area contributed by atoms with Crippen molar-refractivity contribution in [3.8, 4) is 11.5 Å². The number of para-hydroxylation sites is 1. The van der Waals surface area contributed by atoms with Gasteiger partial charge < -0.3 is 15.9 Å². The van der Waals surface area contributed by atoms with Crippen LogP contribution in [-0.4, -0.2) is 22.4 Å². The van der Waals surface area contributed by atoms with Crippen LogP contribution < -0.4 is 5.73 Å². The lowest BCUT2D eigenvalue weighted by molar-refractivity contribution is -0.147. The lowest BCUT2D eigenvalue weighted by atomic mass is 10.0. The van der Waals surface area contributed by atoms with Gasteiger partial charge in [0.2, 0.25) is 0 Å². The van der Waals surface area contributed by atoms with Crippen LogP contribution in [0.1, 0.15) is 5.56 Å². The predicted octanol–water partition coefficient (Wildman–Crippen LogP) is 1.53. The van der Waals surface area contributed by atoms with E-state index >= 15 is 0 Å². The third-order valence-electron chi connectivity index (χ3n) is 1.96. The summed E-state index contributed by atoms with van der Waals surface area (Å²) >= 11 is 0. The van der Waals surface area contributed by atoms with E-state index in [9.17, 15) is 18.3 Å². The van der Waals surface area contributed by atoms with Crippen molar-refractivity contribution in [3.63, 3.8) is 0 Å². The van der Waals surface area contributed by atoms with Gasteiger partial charge in [0.1, 0.15) is 6.04 Å². The Morgan fingerprint density at radius 2 is 1.87 bits per heavy atom. The van der Waals surface area contributed by atoms with E-state index in [1.54, 1.807) is 0 Å². The minimum Gasteiger partial charge on any atom is -0.504 e. The summed E-state index contributed by atoms with van der Waals surface area (Å²) < 4.78 is 36.3. The van der Waals surface area contributed by atoms with E-state index < -0.39 is 30.1 Å². The molecular formula is C9H10F3NO2. The number of phenolic OH excluding ortho intramolecular Hbond substituents is 2. The molecule has 0 heterocycles. The first kappa shape index (κ1) is 11.6. The first-order valence-electron chi connectivity index (χ1n) is 4.14. The van der Waals surface area contributed by atoms with Crippen LogP contribution in [0.25, 0.3) is 0 Å². The van der Waals surface area contributed by atoms with Gasteiger partial charge in [0.05, 0.1) is 0 Å². The van der Waals surface area contributed by atoms with Gasteiger partial charge >= 0.3 is 6.18 Å². The quantitative estimate of drug-likeness (QED) is 0.663. The Labute approximate surface area is 84.0 Å². The zero-order valence-corrected chi connectivity index (χ0v) is 7.62. The molecule has 0 fully saturated rings. The van der Waals surface area contributed by atoms with Crippen LogP contribution in [0.5, 0.6) is 11.5 Å². The summed E-state index contributed by atoms with van der Waals surface area (Å²) in [6, 6.07) is 1.75. The number of nitrogens with two attached hydrogens (primary N) is 1. The van der Waals surface area contributed by atoms with Crippen LogP contribution in [-0.2, 0) is 6.42 Å². The number of rotatable bonds is 2. The molecule has 0 aliphatic heterocycles. The van der Waals surface area contributed by atoms with Gasteiger partial charge in [-0.15, -0.1) is 0 Å². The lowest BCUT2D eigenvalue weighted by Crippen LogP contribution is -2.39. The van der Waals surface area contributed by atoms with Crippen molar-refractivity contribution in [3.05, 3.63) is 23.8 Å². The maximum Gasteiger partial charge on any atom is 0.403 e. The Morgan fingerprint density at radius 1 is 1.27 bits per heavy atom. The fraction of sp³-hybridized carbons (Fsp3) is 0.333. The molecule has 0 amide bonds. The second-order valence-corrected chi connectivity index (χ2v) is 3.14. The van der Waals surface area contributed by atoms with Crippen LogP contribution in [0.2, 0.25) is 0 Å². The van der Waals surface area contributed by atoms with Crippen molar-refractivity contribution in [1.29, 1.82) is 0 Å². The molecule has 0 radical (unpaired) electrons. The van der Waals surface area contributed by atoms with Gasteiger partial charge in [-0.25, -0.2) is 0 Å². The second kappa shape index (κ2) is 3.98. The van der Waals surface area contributed by atoms with Gasteiger partial charge in [-0.1, -0.05) is 12.1 Å². The minimum absolute atomic E-state index is 0.0279. The lowest BCUT2D eigenvalue weighted by Gasteiger charge is -2.16. The van der Waals surface area contributed by atoms with Crippen LogP contribution in [0.3, 0.4) is 0 Å². The van der Waals surface area contributed by atoms with Crippen molar-refractivity contribution in [2.45, 2.75) is 18.6 Å². The van der Waals surface area contributed by atoms with Gasteiger partial charge in [-0.3, -0.25) is 0 Å². The summed E-state index contributed by atoms with van der Waals surface area (Å²) in [7, 11) is 0. The molecule has 0 saturated carbocycles. The van der Waals surface area contributed by atoms with E-state index in [1.165, 1.54) is 18.2 Å². The number of alkyl halides is 3. The number of halogens is 3. The third-order valence-corrected chi connectivity index (χ3v) is 1.96. The molecule has 0 saturated heterocycles. The molecular weight excluding hydrogens is 211 g/mol. The van der Waals surface area contributed by atoms with Gasteiger partial charge in [0.15, 0.2) is 11.5 Å². The van der Waals surface area contributed by atoms with Crippen molar-refractivity contribution < 1.29 is 23.4 Å². The summed E-state index contributed by atoms with van der Waals surface area (Å²) in [5.41, 5.74) is 4.86. The summed E-state index contributed by atoms with van der Waals surface area (Å²) in [4.78, 5) is 0. The van der Waals surface area contributed by atoms with Crippen molar-refractivity contribution in [2.75, 3.05) is 0 Å². The SMILES string of the molecule is NC(Cc1cccc(O)c1O)C(F)(F)F. The summed E-state index contributed by atoms with van der Waals surface area (Å²) in [6.07, 6.45) is -5.08. The van der Waals surface area contributed by atoms with Crippen LogP contribution >= 0.6 is 0 Å². The predicted molar refractivity (Wildman–Crippen MR) is 47.5 cm³/mol. The topological polar surface area (TPSA) is 66.5 Å². The van der Waals surface area contributed by atoms with E-state index in [1.807, 2.05) is 0 Å². The molecule has 0 aromatic heterocycles. The Bertz CT molecular complexity index is 352. The van der Waals surface area contributed by atoms with Gasteiger partial charge in [-0.2, -0.15) is 13.2 Å². The number of hydrogen-bond acceptors (Lipinski definition) is 3. The standard InChI is InChI=1S/C9H10F3NO2/c10-9(11,12)7(13)4-5-2-1-3-6(14)8(5)15/h1-3,7,14-15H,4,13H2.